The molecule has 0 saturated heterocycles. The molecule has 0 saturated carbocycles. The van der Waals surface area contributed by atoms with Crippen molar-refractivity contribution in [3.05, 3.63) is 71.0 Å². The van der Waals surface area contributed by atoms with E-state index < -0.39 is 29.8 Å². The number of nitrogens with zero attached hydrogens (tertiary/aromatic N) is 4. The first-order chi connectivity index (χ1) is 20.5. The van der Waals surface area contributed by atoms with Crippen molar-refractivity contribution in [2.75, 3.05) is 29.1 Å². The summed E-state index contributed by atoms with van der Waals surface area (Å²) in [6.45, 7) is 0.327. The lowest BCUT2D eigenvalue weighted by atomic mass is 10.1. The van der Waals surface area contributed by atoms with Gasteiger partial charge in [-0.1, -0.05) is 0 Å². The number of carboxylic acids is 2. The zero-order chi connectivity index (χ0) is 31.1. The van der Waals surface area contributed by atoms with Crippen LogP contribution >= 0.6 is 0 Å². The average molecular weight is 589 g/mol. The Kier molecular flexibility index (Phi) is 9.09. The summed E-state index contributed by atoms with van der Waals surface area (Å²) in [7, 11) is 0. The van der Waals surface area contributed by atoms with Crippen molar-refractivity contribution in [1.29, 1.82) is 0 Å². The molecule has 0 spiro atoms. The van der Waals surface area contributed by atoms with Gasteiger partial charge in [-0.05, 0) is 55.3 Å². The number of amides is 2. The fraction of sp³-hybridized carbons (Fsp3) is 0.185. The van der Waals surface area contributed by atoms with Gasteiger partial charge in [-0.3, -0.25) is 9.59 Å². The van der Waals surface area contributed by atoms with Gasteiger partial charge in [0.05, 0.1) is 29.6 Å². The van der Waals surface area contributed by atoms with E-state index in [1.54, 1.807) is 12.1 Å². The zero-order valence-corrected chi connectivity index (χ0v) is 22.6. The van der Waals surface area contributed by atoms with Crippen LogP contribution in [-0.4, -0.2) is 66.5 Å². The third-order valence-corrected chi connectivity index (χ3v) is 6.20. The summed E-state index contributed by atoms with van der Waals surface area (Å²) < 4.78 is 0. The second-order valence-electron chi connectivity index (χ2n) is 9.30. The maximum Gasteiger partial charge on any atom is 0.336 e. The number of nitrogens with one attached hydrogen (secondary N) is 3. The van der Waals surface area contributed by atoms with Crippen LogP contribution in [0.15, 0.2) is 48.7 Å². The number of carboxylic acid groups (broad SMARTS) is 2. The zero-order valence-electron chi connectivity index (χ0n) is 22.6. The monoisotopic (exact) mass is 588 g/mol. The molecule has 0 aliphatic carbocycles. The maximum absolute atomic E-state index is 12.7. The SMILES string of the molecule is Nc1ccc(C(=O)O)c(C(=O)NCCCC(NC(=O)c2ccc(NCc3cnc4nc(N)nc(N)c4n3)cc2)C(=O)O)c1. The quantitative estimate of drug-likeness (QED) is 0.0842. The fourth-order valence-electron chi connectivity index (χ4n) is 4.04. The van der Waals surface area contributed by atoms with Crippen molar-refractivity contribution in [3.8, 4) is 0 Å². The molecular formula is C27H28N10O6. The van der Waals surface area contributed by atoms with Crippen molar-refractivity contribution >= 4 is 58.1 Å². The summed E-state index contributed by atoms with van der Waals surface area (Å²) in [5.74, 6) is -3.67. The molecule has 2 heterocycles. The first-order valence-electron chi connectivity index (χ1n) is 12.8. The van der Waals surface area contributed by atoms with Crippen LogP contribution in [-0.2, 0) is 11.3 Å². The van der Waals surface area contributed by atoms with Crippen LogP contribution in [0.1, 0.15) is 49.6 Å². The van der Waals surface area contributed by atoms with Gasteiger partial charge in [-0.2, -0.15) is 9.97 Å². The Labute approximate surface area is 243 Å². The molecule has 1 atom stereocenters. The fourth-order valence-corrected chi connectivity index (χ4v) is 4.04. The van der Waals surface area contributed by atoms with E-state index in [0.29, 0.717) is 16.9 Å². The number of hydrogen-bond acceptors (Lipinski definition) is 12. The largest absolute Gasteiger partial charge is 0.480 e. The van der Waals surface area contributed by atoms with Gasteiger partial charge in [0, 0.05) is 23.5 Å². The van der Waals surface area contributed by atoms with Gasteiger partial charge >= 0.3 is 11.9 Å². The number of rotatable bonds is 12. The van der Waals surface area contributed by atoms with Gasteiger partial charge in [-0.15, -0.1) is 0 Å². The van der Waals surface area contributed by atoms with Crippen molar-refractivity contribution < 1.29 is 29.4 Å². The lowest BCUT2D eigenvalue weighted by Gasteiger charge is -2.15. The molecule has 11 N–H and O–H groups in total. The summed E-state index contributed by atoms with van der Waals surface area (Å²) in [5.41, 5.74) is 19.1. The Bertz CT molecular complexity index is 1700. The van der Waals surface area contributed by atoms with Crippen LogP contribution in [0.3, 0.4) is 0 Å². The van der Waals surface area contributed by atoms with E-state index in [9.17, 15) is 29.4 Å². The second-order valence-corrected chi connectivity index (χ2v) is 9.30. The lowest BCUT2D eigenvalue weighted by Crippen LogP contribution is -2.41. The number of aromatic carboxylic acids is 1. The number of benzene rings is 2. The van der Waals surface area contributed by atoms with Crippen molar-refractivity contribution in [2.45, 2.75) is 25.4 Å². The number of fused-ring (bicyclic) bond motifs is 1. The van der Waals surface area contributed by atoms with Crippen LogP contribution in [0.2, 0.25) is 0 Å². The van der Waals surface area contributed by atoms with Gasteiger partial charge in [0.15, 0.2) is 17.0 Å². The molecule has 4 rings (SSSR count). The number of aliphatic carboxylic acids is 1. The van der Waals surface area contributed by atoms with Crippen LogP contribution in [0.4, 0.5) is 23.1 Å². The summed E-state index contributed by atoms with van der Waals surface area (Å²) in [4.78, 5) is 64.7. The molecule has 4 aromatic rings. The molecule has 43 heavy (non-hydrogen) atoms. The first-order valence-corrected chi connectivity index (χ1v) is 12.8. The van der Waals surface area contributed by atoms with Crippen LogP contribution < -0.4 is 33.2 Å². The summed E-state index contributed by atoms with van der Waals surface area (Å²) in [5, 5.41) is 27.0. The molecule has 2 aromatic carbocycles. The van der Waals surface area contributed by atoms with E-state index in [1.807, 2.05) is 0 Å². The maximum atomic E-state index is 12.7. The molecule has 16 heteroatoms. The Balaban J connectivity index is 1.28. The number of carbonyl (C=O) groups is 4. The third kappa shape index (κ3) is 7.57. The highest BCUT2D eigenvalue weighted by atomic mass is 16.4. The molecular weight excluding hydrogens is 560 g/mol. The molecule has 0 radical (unpaired) electrons. The third-order valence-electron chi connectivity index (χ3n) is 6.20. The van der Waals surface area contributed by atoms with Crippen molar-refractivity contribution in [1.82, 2.24) is 30.6 Å². The highest BCUT2D eigenvalue weighted by Gasteiger charge is 2.21. The average Bonchev–Trinajstić information content (AvgIpc) is 2.97. The summed E-state index contributed by atoms with van der Waals surface area (Å²) in [6.07, 6.45) is 1.73. The molecule has 0 aliphatic heterocycles. The number of aromatic nitrogens is 4. The molecule has 0 bridgehead atoms. The number of anilines is 4. The highest BCUT2D eigenvalue weighted by molar-refractivity contribution is 6.05. The summed E-state index contributed by atoms with van der Waals surface area (Å²) in [6, 6.07) is 8.99. The van der Waals surface area contributed by atoms with Crippen LogP contribution in [0.5, 0.6) is 0 Å². The topological polar surface area (TPSA) is 274 Å². The van der Waals surface area contributed by atoms with Crippen LogP contribution in [0, 0.1) is 0 Å². The Morgan fingerprint density at radius 1 is 0.884 bits per heavy atom. The van der Waals surface area contributed by atoms with Gasteiger partial charge in [0.25, 0.3) is 11.8 Å². The standard InChI is InChI=1S/C27H28N10O6/c28-14-5-8-17(25(40)41)18(10-14)24(39)31-9-1-2-19(26(42)43)35-23(38)13-3-6-15(7-4-13)32-11-16-12-33-22-20(34-16)21(29)36-27(30)37-22/h3-8,10,12,19,32H,1-2,9,11,28H2,(H,31,39)(H,35,38)(H,40,41)(H,42,43)(H4,29,30,33,36,37). The van der Waals surface area contributed by atoms with Gasteiger partial charge in [-0.25, -0.2) is 19.6 Å². The van der Waals surface area contributed by atoms with E-state index in [0.717, 1.165) is 0 Å². The van der Waals surface area contributed by atoms with E-state index in [1.165, 1.54) is 36.5 Å². The molecule has 222 valence electrons. The van der Waals surface area contributed by atoms with E-state index in [-0.39, 0.29) is 65.7 Å². The smallest absolute Gasteiger partial charge is 0.336 e. The number of nitrogens with two attached hydrogens (primary N) is 3. The van der Waals surface area contributed by atoms with Crippen LogP contribution in [0.25, 0.3) is 11.2 Å². The predicted octanol–water partition coefficient (Wildman–Crippen LogP) is 0.870. The lowest BCUT2D eigenvalue weighted by molar-refractivity contribution is -0.139. The molecule has 16 nitrogen and oxygen atoms in total. The van der Waals surface area contributed by atoms with Gasteiger partial charge < -0.3 is 43.4 Å². The molecule has 2 amide bonds. The van der Waals surface area contributed by atoms with Crippen molar-refractivity contribution in [3.63, 3.8) is 0 Å². The molecule has 0 aliphatic rings. The Morgan fingerprint density at radius 3 is 2.33 bits per heavy atom. The minimum Gasteiger partial charge on any atom is -0.480 e. The van der Waals surface area contributed by atoms with E-state index >= 15 is 0 Å². The van der Waals surface area contributed by atoms with Gasteiger partial charge in [0.1, 0.15) is 6.04 Å². The predicted molar refractivity (Wildman–Crippen MR) is 156 cm³/mol. The molecule has 1 unspecified atom stereocenters. The van der Waals surface area contributed by atoms with Gasteiger partial charge in [0.2, 0.25) is 5.95 Å². The molecule has 2 aromatic heterocycles. The second kappa shape index (κ2) is 13.1. The minimum atomic E-state index is -1.28. The Hall–Kier alpha value is -6.06. The van der Waals surface area contributed by atoms with E-state index in [4.69, 9.17) is 17.2 Å². The number of carbonyl (C=O) groups excluding carboxylic acids is 2. The molecule has 0 fully saturated rings. The van der Waals surface area contributed by atoms with E-state index in [2.05, 4.69) is 35.9 Å². The highest BCUT2D eigenvalue weighted by Crippen LogP contribution is 2.17. The Morgan fingerprint density at radius 2 is 1.63 bits per heavy atom. The first kappa shape index (κ1) is 29.9. The minimum absolute atomic E-state index is 0.000217. The van der Waals surface area contributed by atoms with Crippen molar-refractivity contribution in [2.24, 2.45) is 0 Å². The number of nitrogen functional groups attached to an aromatic ring is 3. The normalized spacial score (nSPS) is 11.4. The number of hydrogen-bond donors (Lipinski definition) is 8. The summed E-state index contributed by atoms with van der Waals surface area (Å²) >= 11 is 0.